The predicted octanol–water partition coefficient (Wildman–Crippen LogP) is 4.43. The van der Waals surface area contributed by atoms with Gasteiger partial charge in [0.2, 0.25) is 0 Å². The molecule has 0 unspecified atom stereocenters. The van der Waals surface area contributed by atoms with E-state index in [0.29, 0.717) is 0 Å². The maximum atomic E-state index is 6.02. The van der Waals surface area contributed by atoms with E-state index in [1.54, 1.807) is 0 Å². The Labute approximate surface area is 94.6 Å². The van der Waals surface area contributed by atoms with Crippen molar-refractivity contribution in [3.05, 3.63) is 33.3 Å². The van der Waals surface area contributed by atoms with Crippen LogP contribution in [0.5, 0.6) is 0 Å². The van der Waals surface area contributed by atoms with Gasteiger partial charge in [0.05, 0.1) is 0 Å². The highest BCUT2D eigenvalue weighted by atomic mass is 79.9. The second-order valence-corrected chi connectivity index (χ2v) is 4.55. The summed E-state index contributed by atoms with van der Waals surface area (Å²) in [5, 5.41) is 1.87. The van der Waals surface area contributed by atoms with E-state index in [2.05, 4.69) is 31.9 Å². The molecule has 0 saturated heterocycles. The number of hydrogen-bond donors (Lipinski definition) is 0. The first-order valence-corrected chi connectivity index (χ1v) is 6.04. The lowest BCUT2D eigenvalue weighted by Gasteiger charge is -2.04. The average molecular weight is 312 g/mol. The van der Waals surface area contributed by atoms with Gasteiger partial charge in [0.15, 0.2) is 0 Å². The Hall–Kier alpha value is 0.470. The van der Waals surface area contributed by atoms with E-state index in [4.69, 9.17) is 11.6 Å². The monoisotopic (exact) mass is 310 g/mol. The lowest BCUT2D eigenvalue weighted by molar-refractivity contribution is 0.934. The number of hydrogen-bond acceptors (Lipinski definition) is 0. The molecule has 0 amide bonds. The molecule has 3 heteroatoms. The molecule has 0 saturated carbocycles. The molecule has 0 aliphatic heterocycles. The van der Waals surface area contributed by atoms with Crippen LogP contribution in [0.3, 0.4) is 0 Å². The zero-order chi connectivity index (χ0) is 8.97. The van der Waals surface area contributed by atoms with Crippen molar-refractivity contribution in [2.45, 2.75) is 12.8 Å². The molecule has 12 heavy (non-hydrogen) atoms. The predicted molar refractivity (Wildman–Crippen MR) is 61.3 cm³/mol. The molecule has 0 spiro atoms. The van der Waals surface area contributed by atoms with E-state index in [0.717, 1.165) is 27.7 Å². The Morgan fingerprint density at radius 1 is 1.33 bits per heavy atom. The fraction of sp³-hybridized carbons (Fsp3) is 0.333. The average Bonchev–Trinajstić information content (AvgIpc) is 2.04. The van der Waals surface area contributed by atoms with Gasteiger partial charge in [-0.1, -0.05) is 49.5 Å². The minimum Gasteiger partial charge on any atom is -0.0928 e. The lowest BCUT2D eigenvalue weighted by atomic mass is 10.1. The fourth-order valence-corrected chi connectivity index (χ4v) is 2.24. The van der Waals surface area contributed by atoms with Gasteiger partial charge in [-0.25, -0.2) is 0 Å². The molecule has 0 aliphatic carbocycles. The third-order valence-corrected chi connectivity index (χ3v) is 3.28. The molecule has 0 aliphatic rings. The Kier molecular flexibility index (Phi) is 4.62. The van der Waals surface area contributed by atoms with Gasteiger partial charge in [0.1, 0.15) is 0 Å². The van der Waals surface area contributed by atoms with Crippen molar-refractivity contribution in [2.24, 2.45) is 0 Å². The summed E-state index contributed by atoms with van der Waals surface area (Å²) >= 11 is 12.9. The smallest absolute Gasteiger partial charge is 0.0449 e. The van der Waals surface area contributed by atoms with E-state index in [9.17, 15) is 0 Å². The van der Waals surface area contributed by atoms with Crippen molar-refractivity contribution < 1.29 is 0 Å². The quantitative estimate of drug-likeness (QED) is 0.724. The van der Waals surface area contributed by atoms with E-state index < -0.39 is 0 Å². The fourth-order valence-electron chi connectivity index (χ4n) is 1.01. The van der Waals surface area contributed by atoms with Crippen LogP contribution >= 0.6 is 43.5 Å². The van der Waals surface area contributed by atoms with Crippen LogP contribution < -0.4 is 0 Å². The molecule has 0 fully saturated rings. The lowest BCUT2D eigenvalue weighted by Crippen LogP contribution is -1.88. The van der Waals surface area contributed by atoms with E-state index in [1.807, 2.05) is 18.2 Å². The van der Waals surface area contributed by atoms with E-state index in [-0.39, 0.29) is 0 Å². The molecule has 0 bridgehead atoms. The van der Waals surface area contributed by atoms with Crippen LogP contribution in [0.25, 0.3) is 0 Å². The molecule has 0 radical (unpaired) electrons. The molecule has 0 aromatic heterocycles. The zero-order valence-electron chi connectivity index (χ0n) is 6.49. The molecule has 1 aromatic carbocycles. The van der Waals surface area contributed by atoms with Crippen molar-refractivity contribution in [1.29, 1.82) is 0 Å². The normalized spacial score (nSPS) is 10.2. The van der Waals surface area contributed by atoms with Crippen LogP contribution in [0.15, 0.2) is 22.7 Å². The first-order valence-electron chi connectivity index (χ1n) is 3.74. The summed E-state index contributed by atoms with van der Waals surface area (Å²) in [7, 11) is 0. The maximum absolute atomic E-state index is 6.02. The first-order chi connectivity index (χ1) is 5.75. The molecule has 0 atom stereocenters. The number of benzene rings is 1. The van der Waals surface area contributed by atoms with Crippen LogP contribution in [0.2, 0.25) is 5.02 Å². The largest absolute Gasteiger partial charge is 0.0928 e. The standard InChI is InChI=1S/C9H9Br2Cl/c10-6-2-3-7-8(11)4-1-5-9(7)12/h1,4-5H,2-3,6H2. The molecule has 66 valence electrons. The van der Waals surface area contributed by atoms with E-state index >= 15 is 0 Å². The summed E-state index contributed by atoms with van der Waals surface area (Å²) in [5.41, 5.74) is 1.21. The Balaban J connectivity index is 2.81. The molecule has 0 heterocycles. The Bertz CT molecular complexity index is 240. The van der Waals surface area contributed by atoms with Crippen LogP contribution in [-0.2, 0) is 6.42 Å². The topological polar surface area (TPSA) is 0 Å². The van der Waals surface area contributed by atoms with Gasteiger partial charge < -0.3 is 0 Å². The summed E-state index contributed by atoms with van der Waals surface area (Å²) in [6.07, 6.45) is 2.13. The summed E-state index contributed by atoms with van der Waals surface area (Å²) in [5.74, 6) is 0. The molecule has 0 nitrogen and oxygen atoms in total. The minimum absolute atomic E-state index is 0.852. The highest BCUT2D eigenvalue weighted by Gasteiger charge is 2.03. The van der Waals surface area contributed by atoms with Gasteiger partial charge in [-0.05, 0) is 30.5 Å². The SMILES string of the molecule is Clc1cccc(Br)c1CCCBr. The van der Waals surface area contributed by atoms with Gasteiger partial charge in [-0.3, -0.25) is 0 Å². The van der Waals surface area contributed by atoms with Gasteiger partial charge in [0.25, 0.3) is 0 Å². The summed E-state index contributed by atoms with van der Waals surface area (Å²) in [6, 6.07) is 5.90. The van der Waals surface area contributed by atoms with Crippen molar-refractivity contribution in [2.75, 3.05) is 5.33 Å². The van der Waals surface area contributed by atoms with Gasteiger partial charge in [0, 0.05) is 14.8 Å². The zero-order valence-corrected chi connectivity index (χ0v) is 10.4. The number of alkyl halides is 1. The summed E-state index contributed by atoms with van der Waals surface area (Å²) in [4.78, 5) is 0. The van der Waals surface area contributed by atoms with Crippen LogP contribution in [0.4, 0.5) is 0 Å². The minimum atomic E-state index is 0.852. The summed E-state index contributed by atoms with van der Waals surface area (Å²) < 4.78 is 1.11. The van der Waals surface area contributed by atoms with Gasteiger partial charge in [-0.2, -0.15) is 0 Å². The Morgan fingerprint density at radius 2 is 2.08 bits per heavy atom. The Morgan fingerprint density at radius 3 is 2.67 bits per heavy atom. The molecule has 0 N–H and O–H groups in total. The van der Waals surface area contributed by atoms with Crippen LogP contribution in [-0.4, -0.2) is 5.33 Å². The number of rotatable bonds is 3. The highest BCUT2D eigenvalue weighted by molar-refractivity contribution is 9.10. The summed E-state index contributed by atoms with van der Waals surface area (Å²) in [6.45, 7) is 0. The van der Waals surface area contributed by atoms with Gasteiger partial charge in [-0.15, -0.1) is 0 Å². The van der Waals surface area contributed by atoms with Crippen molar-refractivity contribution >= 4 is 43.5 Å². The molecular weight excluding hydrogens is 303 g/mol. The van der Waals surface area contributed by atoms with Crippen molar-refractivity contribution in [1.82, 2.24) is 0 Å². The molecular formula is C9H9Br2Cl. The third kappa shape index (κ3) is 2.75. The van der Waals surface area contributed by atoms with Crippen LogP contribution in [0, 0.1) is 0 Å². The second-order valence-electron chi connectivity index (χ2n) is 2.49. The van der Waals surface area contributed by atoms with Crippen molar-refractivity contribution in [3.8, 4) is 0 Å². The maximum Gasteiger partial charge on any atom is 0.0449 e. The third-order valence-electron chi connectivity index (χ3n) is 1.62. The molecule has 1 rings (SSSR count). The van der Waals surface area contributed by atoms with Crippen LogP contribution in [0.1, 0.15) is 12.0 Å². The number of halogens is 3. The molecule has 1 aromatic rings. The highest BCUT2D eigenvalue weighted by Crippen LogP contribution is 2.25. The first kappa shape index (κ1) is 10.6. The van der Waals surface area contributed by atoms with Crippen molar-refractivity contribution in [3.63, 3.8) is 0 Å². The van der Waals surface area contributed by atoms with E-state index in [1.165, 1.54) is 5.56 Å². The van der Waals surface area contributed by atoms with Gasteiger partial charge >= 0.3 is 0 Å². The second kappa shape index (κ2) is 5.25.